The van der Waals surface area contributed by atoms with Gasteiger partial charge in [-0.05, 0) is 32.5 Å². The first-order valence-corrected chi connectivity index (χ1v) is 7.30. The van der Waals surface area contributed by atoms with Gasteiger partial charge in [0.1, 0.15) is 5.75 Å². The lowest BCUT2D eigenvalue weighted by Crippen LogP contribution is -2.44. The lowest BCUT2D eigenvalue weighted by Gasteiger charge is -2.32. The van der Waals surface area contributed by atoms with Crippen LogP contribution in [-0.2, 0) is 0 Å². The third-order valence-corrected chi connectivity index (χ3v) is 3.74. The van der Waals surface area contributed by atoms with Gasteiger partial charge in [-0.15, -0.1) is 0 Å². The van der Waals surface area contributed by atoms with E-state index >= 15 is 0 Å². The van der Waals surface area contributed by atoms with Gasteiger partial charge in [-0.1, -0.05) is 12.1 Å². The maximum atomic E-state index is 11.5. The molecular weight excluding hydrogens is 252 g/mol. The Morgan fingerprint density at radius 2 is 1.90 bits per heavy atom. The Hall–Kier alpha value is -1.39. The molecule has 0 radical (unpaired) electrons. The van der Waals surface area contributed by atoms with Gasteiger partial charge in [0.25, 0.3) is 0 Å². The number of carbonyl (C=O) groups excluding carboxylic acids is 1. The predicted octanol–water partition coefficient (Wildman–Crippen LogP) is 1.91. The Bertz CT molecular complexity index is 440. The molecule has 1 saturated heterocycles. The molecule has 0 aromatic heterocycles. The minimum atomic E-state index is 0.0552. The van der Waals surface area contributed by atoms with Crippen molar-refractivity contribution in [3.63, 3.8) is 0 Å². The van der Waals surface area contributed by atoms with Crippen LogP contribution in [0.2, 0.25) is 0 Å². The number of likely N-dealkylation sites (N-methyl/N-ethyl adjacent to an activating group) is 1. The van der Waals surface area contributed by atoms with Crippen molar-refractivity contribution >= 4 is 5.78 Å². The van der Waals surface area contributed by atoms with E-state index in [1.807, 2.05) is 24.3 Å². The number of rotatable bonds is 6. The molecule has 1 fully saturated rings. The van der Waals surface area contributed by atoms with Crippen molar-refractivity contribution in [2.24, 2.45) is 0 Å². The van der Waals surface area contributed by atoms with Crippen LogP contribution in [0.1, 0.15) is 23.7 Å². The summed E-state index contributed by atoms with van der Waals surface area (Å²) in [5.74, 6) is 0.762. The Morgan fingerprint density at radius 3 is 2.60 bits per heavy atom. The molecule has 0 amide bonds. The molecule has 110 valence electrons. The summed E-state index contributed by atoms with van der Waals surface area (Å²) >= 11 is 0. The number of hydrogen-bond donors (Lipinski definition) is 0. The molecular formula is C16H24N2O2. The van der Waals surface area contributed by atoms with Crippen LogP contribution in [0.3, 0.4) is 0 Å². The molecule has 1 aromatic carbocycles. The van der Waals surface area contributed by atoms with Crippen LogP contribution >= 0.6 is 0 Å². The van der Waals surface area contributed by atoms with E-state index in [0.29, 0.717) is 17.9 Å². The van der Waals surface area contributed by atoms with Crippen molar-refractivity contribution < 1.29 is 9.53 Å². The number of para-hydroxylation sites is 1. The van der Waals surface area contributed by atoms with E-state index in [4.69, 9.17) is 4.74 Å². The Balaban J connectivity index is 1.72. The highest BCUT2D eigenvalue weighted by atomic mass is 16.5. The Kier molecular flexibility index (Phi) is 5.56. The van der Waals surface area contributed by atoms with Gasteiger partial charge in [-0.3, -0.25) is 4.79 Å². The van der Waals surface area contributed by atoms with Gasteiger partial charge in [-0.25, -0.2) is 0 Å². The molecule has 0 bridgehead atoms. The van der Waals surface area contributed by atoms with E-state index < -0.39 is 0 Å². The highest BCUT2D eigenvalue weighted by Gasteiger charge is 2.13. The SMILES string of the molecule is CC(=O)c1ccccc1OCCCN1CCN(C)CC1. The fraction of sp³-hybridized carbons (Fsp3) is 0.562. The fourth-order valence-corrected chi connectivity index (χ4v) is 2.43. The summed E-state index contributed by atoms with van der Waals surface area (Å²) in [5, 5.41) is 0. The van der Waals surface area contributed by atoms with Gasteiger partial charge in [0.15, 0.2) is 5.78 Å². The zero-order valence-electron chi connectivity index (χ0n) is 12.5. The zero-order valence-corrected chi connectivity index (χ0v) is 12.5. The van der Waals surface area contributed by atoms with E-state index in [-0.39, 0.29) is 5.78 Å². The first kappa shape index (κ1) is 15.0. The molecule has 0 saturated carbocycles. The third kappa shape index (κ3) is 4.32. The van der Waals surface area contributed by atoms with E-state index in [1.54, 1.807) is 6.92 Å². The molecule has 1 aromatic rings. The number of carbonyl (C=O) groups is 1. The van der Waals surface area contributed by atoms with Gasteiger partial charge >= 0.3 is 0 Å². The van der Waals surface area contributed by atoms with Crippen molar-refractivity contribution in [1.29, 1.82) is 0 Å². The summed E-state index contributed by atoms with van der Waals surface area (Å²) in [7, 11) is 2.17. The molecule has 20 heavy (non-hydrogen) atoms. The summed E-state index contributed by atoms with van der Waals surface area (Å²) in [6.45, 7) is 7.88. The summed E-state index contributed by atoms with van der Waals surface area (Å²) in [6, 6.07) is 7.46. The number of hydrogen-bond acceptors (Lipinski definition) is 4. The minimum absolute atomic E-state index is 0.0552. The van der Waals surface area contributed by atoms with Crippen LogP contribution in [0.25, 0.3) is 0 Å². The number of nitrogens with zero attached hydrogens (tertiary/aromatic N) is 2. The second-order valence-corrected chi connectivity index (χ2v) is 5.40. The molecule has 0 unspecified atom stereocenters. The zero-order chi connectivity index (χ0) is 14.4. The van der Waals surface area contributed by atoms with Gasteiger partial charge in [0.2, 0.25) is 0 Å². The number of ether oxygens (including phenoxy) is 1. The van der Waals surface area contributed by atoms with Crippen molar-refractivity contribution in [2.45, 2.75) is 13.3 Å². The van der Waals surface area contributed by atoms with E-state index in [2.05, 4.69) is 16.8 Å². The average Bonchev–Trinajstić information content (AvgIpc) is 2.46. The normalized spacial score (nSPS) is 17.1. The van der Waals surface area contributed by atoms with Gasteiger partial charge < -0.3 is 14.5 Å². The molecule has 1 heterocycles. The lowest BCUT2D eigenvalue weighted by molar-refractivity contribution is 0.101. The van der Waals surface area contributed by atoms with Crippen LogP contribution in [0.15, 0.2) is 24.3 Å². The van der Waals surface area contributed by atoms with Crippen LogP contribution in [0.5, 0.6) is 5.75 Å². The second kappa shape index (κ2) is 7.41. The molecule has 0 atom stereocenters. The maximum absolute atomic E-state index is 11.5. The molecule has 0 N–H and O–H groups in total. The summed E-state index contributed by atoms with van der Waals surface area (Å²) in [6.07, 6.45) is 0.996. The summed E-state index contributed by atoms with van der Waals surface area (Å²) in [5.41, 5.74) is 0.673. The van der Waals surface area contributed by atoms with Gasteiger partial charge in [-0.2, -0.15) is 0 Å². The molecule has 2 rings (SSSR count). The largest absolute Gasteiger partial charge is 0.493 e. The lowest BCUT2D eigenvalue weighted by atomic mass is 10.1. The molecule has 4 nitrogen and oxygen atoms in total. The Labute approximate surface area is 121 Å². The Morgan fingerprint density at radius 1 is 1.20 bits per heavy atom. The first-order chi connectivity index (χ1) is 9.66. The van der Waals surface area contributed by atoms with Gasteiger partial charge in [0, 0.05) is 32.7 Å². The van der Waals surface area contributed by atoms with E-state index in [1.165, 1.54) is 0 Å². The second-order valence-electron chi connectivity index (χ2n) is 5.40. The number of ketones is 1. The molecule has 0 spiro atoms. The summed E-state index contributed by atoms with van der Waals surface area (Å²) < 4.78 is 5.75. The smallest absolute Gasteiger partial charge is 0.163 e. The quantitative estimate of drug-likeness (QED) is 0.587. The maximum Gasteiger partial charge on any atom is 0.163 e. The first-order valence-electron chi connectivity index (χ1n) is 7.30. The van der Waals surface area contributed by atoms with Crippen LogP contribution in [0, 0.1) is 0 Å². The average molecular weight is 276 g/mol. The molecule has 1 aliphatic rings. The fourth-order valence-electron chi connectivity index (χ4n) is 2.43. The van der Waals surface area contributed by atoms with Crippen LogP contribution in [-0.4, -0.2) is 62.0 Å². The third-order valence-electron chi connectivity index (χ3n) is 3.74. The van der Waals surface area contributed by atoms with Crippen molar-refractivity contribution in [1.82, 2.24) is 9.80 Å². The minimum Gasteiger partial charge on any atom is -0.493 e. The number of Topliss-reactive ketones (excluding diaryl/α,β-unsaturated/α-hetero) is 1. The number of benzene rings is 1. The highest BCUT2D eigenvalue weighted by Crippen LogP contribution is 2.18. The predicted molar refractivity (Wildman–Crippen MR) is 80.5 cm³/mol. The molecule has 0 aliphatic carbocycles. The standard InChI is InChI=1S/C16H24N2O2/c1-14(19)15-6-3-4-7-16(15)20-13-5-8-18-11-9-17(2)10-12-18/h3-4,6-7H,5,8-13H2,1-2H3. The topological polar surface area (TPSA) is 32.8 Å². The van der Waals surface area contributed by atoms with E-state index in [9.17, 15) is 4.79 Å². The van der Waals surface area contributed by atoms with Crippen LogP contribution < -0.4 is 4.74 Å². The van der Waals surface area contributed by atoms with Crippen molar-refractivity contribution in [3.05, 3.63) is 29.8 Å². The highest BCUT2D eigenvalue weighted by molar-refractivity contribution is 5.96. The van der Waals surface area contributed by atoms with Crippen molar-refractivity contribution in [2.75, 3.05) is 46.4 Å². The van der Waals surface area contributed by atoms with Crippen LogP contribution in [0.4, 0.5) is 0 Å². The van der Waals surface area contributed by atoms with Crippen molar-refractivity contribution in [3.8, 4) is 5.75 Å². The molecule has 1 aliphatic heterocycles. The van der Waals surface area contributed by atoms with E-state index in [0.717, 1.165) is 39.1 Å². The number of piperazine rings is 1. The summed E-state index contributed by atoms with van der Waals surface area (Å²) in [4.78, 5) is 16.3. The van der Waals surface area contributed by atoms with Gasteiger partial charge in [0.05, 0.1) is 12.2 Å². The molecule has 4 heteroatoms. The monoisotopic (exact) mass is 276 g/mol.